The molecule has 162 valence electrons. The summed E-state index contributed by atoms with van der Waals surface area (Å²) in [6.45, 7) is 4.40. The lowest BCUT2D eigenvalue weighted by Crippen LogP contribution is -2.41. The molecule has 1 N–H and O–H groups in total. The Morgan fingerprint density at radius 2 is 2.03 bits per heavy atom. The molecule has 2 aliphatic heterocycles. The second-order valence-corrected chi connectivity index (χ2v) is 8.54. The SMILES string of the molecule is Cc1cccn2c(=O)c3cc(C(=O)N4CCCCC4)c(=N)n(C[C@@H]4CCCO4)c3nc12. The second-order valence-electron chi connectivity index (χ2n) is 8.54. The van der Waals surface area contributed by atoms with Crippen LogP contribution < -0.4 is 11.0 Å². The van der Waals surface area contributed by atoms with Crippen LogP contribution in [0.4, 0.5) is 0 Å². The Labute approximate surface area is 179 Å². The number of rotatable bonds is 3. The maximum Gasteiger partial charge on any atom is 0.267 e. The van der Waals surface area contributed by atoms with Crippen LogP contribution in [0.1, 0.15) is 48.0 Å². The van der Waals surface area contributed by atoms with Crippen LogP contribution in [0.25, 0.3) is 16.7 Å². The van der Waals surface area contributed by atoms with Crippen molar-refractivity contribution < 1.29 is 9.53 Å². The number of carbonyl (C=O) groups excluding carboxylic acids is 1. The molecule has 3 aromatic rings. The van der Waals surface area contributed by atoms with Gasteiger partial charge in [-0.05, 0) is 56.7 Å². The maximum atomic E-state index is 13.4. The minimum absolute atomic E-state index is 0.0465. The first-order chi connectivity index (χ1) is 15.0. The number of nitrogens with zero attached hydrogens (tertiary/aromatic N) is 4. The molecule has 2 aliphatic rings. The first-order valence-corrected chi connectivity index (χ1v) is 11.1. The van der Waals surface area contributed by atoms with Crippen molar-refractivity contribution in [1.29, 1.82) is 5.41 Å². The molecular formula is C23H27N5O3. The number of ether oxygens (including phenoxy) is 1. The Kier molecular flexibility index (Phi) is 5.09. The number of hydrogen-bond acceptors (Lipinski definition) is 5. The van der Waals surface area contributed by atoms with E-state index in [1.165, 1.54) is 4.40 Å². The van der Waals surface area contributed by atoms with E-state index in [2.05, 4.69) is 0 Å². The van der Waals surface area contributed by atoms with Gasteiger partial charge in [-0.15, -0.1) is 0 Å². The minimum atomic E-state index is -0.225. The Morgan fingerprint density at radius 3 is 2.77 bits per heavy atom. The predicted molar refractivity (Wildman–Crippen MR) is 116 cm³/mol. The van der Waals surface area contributed by atoms with Crippen molar-refractivity contribution in [2.24, 2.45) is 0 Å². The number of hydrogen-bond donors (Lipinski definition) is 1. The lowest BCUT2D eigenvalue weighted by atomic mass is 10.1. The van der Waals surface area contributed by atoms with E-state index >= 15 is 0 Å². The van der Waals surface area contributed by atoms with Crippen LogP contribution >= 0.6 is 0 Å². The van der Waals surface area contributed by atoms with Crippen molar-refractivity contribution in [2.75, 3.05) is 19.7 Å². The van der Waals surface area contributed by atoms with Gasteiger partial charge in [0, 0.05) is 25.9 Å². The molecule has 0 aromatic carbocycles. The second kappa shape index (κ2) is 7.92. The lowest BCUT2D eigenvalue weighted by Gasteiger charge is -2.27. The smallest absolute Gasteiger partial charge is 0.267 e. The molecule has 8 nitrogen and oxygen atoms in total. The van der Waals surface area contributed by atoms with Gasteiger partial charge in [-0.1, -0.05) is 6.07 Å². The van der Waals surface area contributed by atoms with Gasteiger partial charge in [0.25, 0.3) is 11.5 Å². The highest BCUT2D eigenvalue weighted by Gasteiger charge is 2.25. The average Bonchev–Trinajstić information content (AvgIpc) is 3.30. The summed E-state index contributed by atoms with van der Waals surface area (Å²) in [5, 5.41) is 9.24. The molecular weight excluding hydrogens is 394 g/mol. The molecule has 31 heavy (non-hydrogen) atoms. The van der Waals surface area contributed by atoms with Gasteiger partial charge in [0.2, 0.25) is 0 Å². The van der Waals surface area contributed by atoms with E-state index in [0.717, 1.165) is 37.7 Å². The van der Waals surface area contributed by atoms with Crippen molar-refractivity contribution in [3.05, 3.63) is 51.4 Å². The van der Waals surface area contributed by atoms with E-state index in [1.54, 1.807) is 21.7 Å². The zero-order valence-electron chi connectivity index (χ0n) is 17.8. The van der Waals surface area contributed by atoms with Gasteiger partial charge in [0.05, 0.1) is 23.6 Å². The van der Waals surface area contributed by atoms with Gasteiger partial charge in [-0.25, -0.2) is 4.98 Å². The zero-order chi connectivity index (χ0) is 21.5. The molecule has 2 saturated heterocycles. The van der Waals surface area contributed by atoms with Crippen LogP contribution in [0.5, 0.6) is 0 Å². The third-order valence-corrected chi connectivity index (χ3v) is 6.42. The fourth-order valence-electron chi connectivity index (χ4n) is 4.70. The lowest BCUT2D eigenvalue weighted by molar-refractivity contribution is 0.0718. The Hall–Kier alpha value is -3.00. The number of fused-ring (bicyclic) bond motifs is 2. The molecule has 2 fully saturated rings. The highest BCUT2D eigenvalue weighted by atomic mass is 16.5. The highest BCUT2D eigenvalue weighted by molar-refractivity contribution is 5.97. The molecule has 0 spiro atoms. The number of carbonyl (C=O) groups is 1. The van der Waals surface area contributed by atoms with Gasteiger partial charge in [-0.2, -0.15) is 0 Å². The number of amides is 1. The monoisotopic (exact) mass is 421 g/mol. The maximum absolute atomic E-state index is 13.4. The fourth-order valence-corrected chi connectivity index (χ4v) is 4.70. The largest absolute Gasteiger partial charge is 0.376 e. The van der Waals surface area contributed by atoms with Crippen LogP contribution in [0.2, 0.25) is 0 Å². The molecule has 1 atom stereocenters. The molecule has 0 saturated carbocycles. The van der Waals surface area contributed by atoms with Gasteiger partial charge in [0.1, 0.15) is 16.8 Å². The van der Waals surface area contributed by atoms with Crippen molar-refractivity contribution in [1.82, 2.24) is 18.9 Å². The summed E-state index contributed by atoms with van der Waals surface area (Å²) in [4.78, 5) is 33.3. The zero-order valence-corrected chi connectivity index (χ0v) is 17.8. The number of pyridine rings is 2. The van der Waals surface area contributed by atoms with Gasteiger partial charge >= 0.3 is 0 Å². The normalized spacial score (nSPS) is 19.4. The summed E-state index contributed by atoms with van der Waals surface area (Å²) in [6.07, 6.45) is 6.57. The summed E-state index contributed by atoms with van der Waals surface area (Å²) in [5.74, 6) is -0.179. The molecule has 5 heterocycles. The number of nitrogens with one attached hydrogen (secondary N) is 1. The third kappa shape index (κ3) is 3.44. The Bertz CT molecular complexity index is 1280. The Morgan fingerprint density at radius 1 is 1.23 bits per heavy atom. The molecule has 0 radical (unpaired) electrons. The molecule has 8 heteroatoms. The molecule has 5 rings (SSSR count). The first kappa shape index (κ1) is 19.9. The van der Waals surface area contributed by atoms with Gasteiger partial charge in [0.15, 0.2) is 0 Å². The van der Waals surface area contributed by atoms with E-state index in [-0.39, 0.29) is 28.6 Å². The number of aryl methyl sites for hydroxylation is 1. The summed E-state index contributed by atoms with van der Waals surface area (Å²) in [7, 11) is 0. The number of likely N-dealkylation sites (tertiary alicyclic amines) is 1. The molecule has 1 amide bonds. The van der Waals surface area contributed by atoms with E-state index < -0.39 is 0 Å². The summed E-state index contributed by atoms with van der Waals surface area (Å²) < 4.78 is 9.03. The van der Waals surface area contributed by atoms with Crippen molar-refractivity contribution in [2.45, 2.75) is 51.7 Å². The van der Waals surface area contributed by atoms with Crippen molar-refractivity contribution in [3.63, 3.8) is 0 Å². The molecule has 0 aliphatic carbocycles. The van der Waals surface area contributed by atoms with E-state index in [1.807, 2.05) is 19.1 Å². The summed E-state index contributed by atoms with van der Waals surface area (Å²) >= 11 is 0. The molecule has 0 bridgehead atoms. The van der Waals surface area contributed by atoms with Crippen LogP contribution in [-0.2, 0) is 11.3 Å². The van der Waals surface area contributed by atoms with Crippen LogP contribution in [0.15, 0.2) is 29.2 Å². The number of aromatic nitrogens is 3. The Balaban J connectivity index is 1.76. The summed E-state index contributed by atoms with van der Waals surface area (Å²) in [5.41, 5.74) is 2.02. The van der Waals surface area contributed by atoms with Crippen LogP contribution in [-0.4, -0.2) is 50.6 Å². The number of piperidine rings is 1. The van der Waals surface area contributed by atoms with E-state index in [9.17, 15) is 9.59 Å². The summed E-state index contributed by atoms with van der Waals surface area (Å²) in [6, 6.07) is 5.30. The minimum Gasteiger partial charge on any atom is -0.376 e. The topological polar surface area (TPSA) is 92.7 Å². The quantitative estimate of drug-likeness (QED) is 0.657. The van der Waals surface area contributed by atoms with E-state index in [0.29, 0.717) is 42.9 Å². The van der Waals surface area contributed by atoms with Crippen LogP contribution in [0, 0.1) is 12.3 Å². The standard InChI is InChI=1S/C23H27N5O3/c1-15-7-5-11-27-20(15)25-21-18(23(27)30)13-17(22(29)26-9-3-2-4-10-26)19(24)28(21)14-16-8-6-12-31-16/h5,7,11,13,16,24H,2-4,6,8-10,12,14H2,1H3/t16-/m0/s1. The van der Waals surface area contributed by atoms with Gasteiger partial charge < -0.3 is 14.2 Å². The van der Waals surface area contributed by atoms with Crippen molar-refractivity contribution >= 4 is 22.6 Å². The molecule has 3 aromatic heterocycles. The third-order valence-electron chi connectivity index (χ3n) is 6.42. The first-order valence-electron chi connectivity index (χ1n) is 11.1. The predicted octanol–water partition coefficient (Wildman–Crippen LogP) is 2.24. The average molecular weight is 422 g/mol. The fraction of sp³-hybridized carbons (Fsp3) is 0.478. The molecule has 0 unspecified atom stereocenters. The van der Waals surface area contributed by atoms with Crippen LogP contribution in [0.3, 0.4) is 0 Å². The van der Waals surface area contributed by atoms with Crippen molar-refractivity contribution in [3.8, 4) is 0 Å². The highest BCUT2D eigenvalue weighted by Crippen LogP contribution is 2.19. The van der Waals surface area contributed by atoms with E-state index in [4.69, 9.17) is 15.1 Å². The van der Waals surface area contributed by atoms with Gasteiger partial charge in [-0.3, -0.25) is 19.4 Å².